The van der Waals surface area contributed by atoms with Crippen molar-refractivity contribution in [2.45, 2.75) is 19.9 Å². The van der Waals surface area contributed by atoms with E-state index in [1.165, 1.54) is 0 Å². The lowest BCUT2D eigenvalue weighted by atomic mass is 10.1. The summed E-state index contributed by atoms with van der Waals surface area (Å²) in [5.41, 5.74) is 5.06. The van der Waals surface area contributed by atoms with Crippen LogP contribution in [0.4, 0.5) is 0 Å². The van der Waals surface area contributed by atoms with E-state index in [0.29, 0.717) is 6.54 Å². The highest BCUT2D eigenvalue weighted by Gasteiger charge is 2.07. The molecule has 0 radical (unpaired) electrons. The normalized spacial score (nSPS) is 15.5. The molecule has 0 rings (SSSR count). The number of rotatable bonds is 5. The number of nitrogens with two attached hydrogens (primary N) is 1. The van der Waals surface area contributed by atoms with Gasteiger partial charge in [-0.3, -0.25) is 4.79 Å². The van der Waals surface area contributed by atoms with Crippen LogP contribution in [-0.4, -0.2) is 18.5 Å². The maximum Gasteiger partial charge on any atom is 0.221 e. The Labute approximate surface area is 67.7 Å². The van der Waals surface area contributed by atoms with Gasteiger partial charge in [0.1, 0.15) is 0 Å². The number of hydrogen-bond donors (Lipinski definition) is 2. The van der Waals surface area contributed by atoms with Gasteiger partial charge in [-0.1, -0.05) is 13.0 Å². The summed E-state index contributed by atoms with van der Waals surface area (Å²) in [5.74, 6) is -0.383. The van der Waals surface area contributed by atoms with Crippen LogP contribution in [0.3, 0.4) is 0 Å². The lowest BCUT2D eigenvalue weighted by molar-refractivity contribution is -0.121. The SMILES string of the molecule is C=CC(C)NCC(C)C(N)=O. The van der Waals surface area contributed by atoms with E-state index >= 15 is 0 Å². The topological polar surface area (TPSA) is 55.1 Å². The molecule has 0 aliphatic rings. The fraction of sp³-hybridized carbons (Fsp3) is 0.625. The molecule has 11 heavy (non-hydrogen) atoms. The van der Waals surface area contributed by atoms with Gasteiger partial charge in [0.15, 0.2) is 0 Å². The zero-order valence-corrected chi connectivity index (χ0v) is 7.13. The Morgan fingerprint density at radius 2 is 2.27 bits per heavy atom. The molecule has 3 heteroatoms. The number of carbonyl (C=O) groups excluding carboxylic acids is 1. The van der Waals surface area contributed by atoms with Gasteiger partial charge in [0.25, 0.3) is 0 Å². The van der Waals surface area contributed by atoms with Gasteiger partial charge in [-0.25, -0.2) is 0 Å². The lowest BCUT2D eigenvalue weighted by Gasteiger charge is -2.11. The summed E-state index contributed by atoms with van der Waals surface area (Å²) in [4.78, 5) is 10.6. The zero-order chi connectivity index (χ0) is 8.85. The van der Waals surface area contributed by atoms with E-state index in [-0.39, 0.29) is 17.9 Å². The number of nitrogens with one attached hydrogen (secondary N) is 1. The molecule has 0 saturated carbocycles. The summed E-state index contributed by atoms with van der Waals surface area (Å²) < 4.78 is 0. The summed E-state index contributed by atoms with van der Waals surface area (Å²) in [6.07, 6.45) is 1.79. The number of carbonyl (C=O) groups is 1. The minimum Gasteiger partial charge on any atom is -0.369 e. The summed E-state index contributed by atoms with van der Waals surface area (Å²) in [7, 11) is 0. The van der Waals surface area contributed by atoms with Crippen molar-refractivity contribution in [3.8, 4) is 0 Å². The van der Waals surface area contributed by atoms with Crippen LogP contribution in [0.15, 0.2) is 12.7 Å². The second-order valence-corrected chi connectivity index (χ2v) is 2.74. The molecule has 0 spiro atoms. The standard InChI is InChI=1S/C8H16N2O/c1-4-7(3)10-5-6(2)8(9)11/h4,6-7,10H,1,5H2,2-3H3,(H2,9,11). The maximum atomic E-state index is 10.6. The number of primary amides is 1. The fourth-order valence-corrected chi connectivity index (χ4v) is 0.547. The van der Waals surface area contributed by atoms with Crippen LogP contribution in [0.5, 0.6) is 0 Å². The summed E-state index contributed by atoms with van der Waals surface area (Å²) >= 11 is 0. The van der Waals surface area contributed by atoms with Gasteiger partial charge in [-0.2, -0.15) is 0 Å². The highest BCUT2D eigenvalue weighted by Crippen LogP contribution is 1.91. The van der Waals surface area contributed by atoms with E-state index in [1.54, 1.807) is 13.0 Å². The molecule has 1 amide bonds. The Balaban J connectivity index is 3.53. The van der Waals surface area contributed by atoms with Crippen molar-refractivity contribution in [2.75, 3.05) is 6.54 Å². The minimum atomic E-state index is -0.270. The Bertz CT molecular complexity index is 145. The molecule has 64 valence electrons. The summed E-state index contributed by atoms with van der Waals surface area (Å²) in [5, 5.41) is 3.09. The Morgan fingerprint density at radius 1 is 1.73 bits per heavy atom. The second-order valence-electron chi connectivity index (χ2n) is 2.74. The van der Waals surface area contributed by atoms with E-state index < -0.39 is 0 Å². The third-order valence-corrected chi connectivity index (χ3v) is 1.59. The second kappa shape index (κ2) is 4.91. The van der Waals surface area contributed by atoms with Gasteiger partial charge in [0.05, 0.1) is 0 Å². The van der Waals surface area contributed by atoms with Crippen LogP contribution < -0.4 is 11.1 Å². The Kier molecular flexibility index (Phi) is 4.54. The van der Waals surface area contributed by atoms with E-state index in [4.69, 9.17) is 5.73 Å². The predicted octanol–water partition coefficient (Wildman–Crippen LogP) is 0.272. The molecule has 0 heterocycles. The van der Waals surface area contributed by atoms with Crippen molar-refractivity contribution in [1.82, 2.24) is 5.32 Å². The number of hydrogen-bond acceptors (Lipinski definition) is 2. The summed E-state index contributed by atoms with van der Waals surface area (Å²) in [6, 6.07) is 0.233. The molecule has 0 bridgehead atoms. The Morgan fingerprint density at radius 3 is 2.64 bits per heavy atom. The molecule has 0 aliphatic carbocycles. The molecule has 0 aromatic carbocycles. The van der Waals surface area contributed by atoms with Gasteiger partial charge < -0.3 is 11.1 Å². The molecular weight excluding hydrogens is 140 g/mol. The van der Waals surface area contributed by atoms with Crippen molar-refractivity contribution in [3.05, 3.63) is 12.7 Å². The maximum absolute atomic E-state index is 10.6. The molecule has 0 aromatic rings. The van der Waals surface area contributed by atoms with Crippen LogP contribution in [-0.2, 0) is 4.79 Å². The van der Waals surface area contributed by atoms with Crippen molar-refractivity contribution < 1.29 is 4.79 Å². The molecule has 0 saturated heterocycles. The highest BCUT2D eigenvalue weighted by molar-refractivity contribution is 5.76. The zero-order valence-electron chi connectivity index (χ0n) is 7.13. The molecule has 2 atom stereocenters. The van der Waals surface area contributed by atoms with E-state index in [2.05, 4.69) is 11.9 Å². The first-order valence-electron chi connectivity index (χ1n) is 3.73. The third-order valence-electron chi connectivity index (χ3n) is 1.59. The first-order chi connectivity index (χ1) is 5.07. The van der Waals surface area contributed by atoms with Crippen molar-refractivity contribution >= 4 is 5.91 Å². The molecule has 3 N–H and O–H groups in total. The third kappa shape index (κ3) is 4.56. The highest BCUT2D eigenvalue weighted by atomic mass is 16.1. The largest absolute Gasteiger partial charge is 0.369 e. The van der Waals surface area contributed by atoms with Crippen molar-refractivity contribution in [1.29, 1.82) is 0 Å². The van der Waals surface area contributed by atoms with Gasteiger partial charge in [0.2, 0.25) is 5.91 Å². The first-order valence-corrected chi connectivity index (χ1v) is 3.73. The molecule has 0 aliphatic heterocycles. The van der Waals surface area contributed by atoms with E-state index in [9.17, 15) is 4.79 Å². The van der Waals surface area contributed by atoms with Gasteiger partial charge in [-0.15, -0.1) is 6.58 Å². The quantitative estimate of drug-likeness (QED) is 0.561. The van der Waals surface area contributed by atoms with Crippen molar-refractivity contribution in [2.24, 2.45) is 11.7 Å². The molecule has 0 aromatic heterocycles. The van der Waals surface area contributed by atoms with Crippen LogP contribution in [0.25, 0.3) is 0 Å². The molecule has 2 unspecified atom stereocenters. The van der Waals surface area contributed by atoms with Gasteiger partial charge in [-0.05, 0) is 6.92 Å². The minimum absolute atomic E-state index is 0.114. The monoisotopic (exact) mass is 156 g/mol. The van der Waals surface area contributed by atoms with E-state index in [0.717, 1.165) is 0 Å². The van der Waals surface area contributed by atoms with Crippen LogP contribution in [0.1, 0.15) is 13.8 Å². The average molecular weight is 156 g/mol. The first kappa shape index (κ1) is 10.2. The summed E-state index contributed by atoms with van der Waals surface area (Å²) in [6.45, 7) is 7.99. The van der Waals surface area contributed by atoms with Gasteiger partial charge >= 0.3 is 0 Å². The van der Waals surface area contributed by atoms with Gasteiger partial charge in [0, 0.05) is 18.5 Å². The van der Waals surface area contributed by atoms with E-state index in [1.807, 2.05) is 6.92 Å². The van der Waals surface area contributed by atoms with Crippen molar-refractivity contribution in [3.63, 3.8) is 0 Å². The van der Waals surface area contributed by atoms with Crippen LogP contribution in [0.2, 0.25) is 0 Å². The number of amides is 1. The van der Waals surface area contributed by atoms with Crippen LogP contribution >= 0.6 is 0 Å². The fourth-order valence-electron chi connectivity index (χ4n) is 0.547. The molecule has 0 fully saturated rings. The average Bonchev–Trinajstić information content (AvgIpc) is 1.99. The molecule has 3 nitrogen and oxygen atoms in total. The Hall–Kier alpha value is -0.830. The molecular formula is C8H16N2O. The van der Waals surface area contributed by atoms with Crippen LogP contribution in [0, 0.1) is 5.92 Å². The predicted molar refractivity (Wildman–Crippen MR) is 46.0 cm³/mol. The smallest absolute Gasteiger partial charge is 0.221 e. The lowest BCUT2D eigenvalue weighted by Crippen LogP contribution is -2.34.